The molecule has 0 aliphatic heterocycles. The second-order valence-corrected chi connectivity index (χ2v) is 3.37. The van der Waals surface area contributed by atoms with Crippen molar-refractivity contribution in [1.29, 1.82) is 0 Å². The summed E-state index contributed by atoms with van der Waals surface area (Å²) in [6, 6.07) is 0. The minimum absolute atomic E-state index is 0.200. The number of hydrogen-bond acceptors (Lipinski definition) is 4. The van der Waals surface area contributed by atoms with Crippen molar-refractivity contribution in [2.75, 3.05) is 26.7 Å². The molecule has 0 rings (SSSR count). The first-order chi connectivity index (χ1) is 7.54. The number of ether oxygens (including phenoxy) is 1. The fourth-order valence-corrected chi connectivity index (χ4v) is 1.27. The quantitative estimate of drug-likeness (QED) is 0.502. The number of nitrogens with zero attached hydrogens (tertiary/aromatic N) is 1. The Kier molecular flexibility index (Phi) is 7.20. The molecule has 0 fully saturated rings. The summed E-state index contributed by atoms with van der Waals surface area (Å²) in [7, 11) is 1.35. The van der Waals surface area contributed by atoms with Crippen LogP contribution in [0.4, 0.5) is 0 Å². The average Bonchev–Trinajstić information content (AvgIpc) is 2.27. The Labute approximate surface area is 96.2 Å². The number of carbonyl (C=O) groups excluding carboxylic acids is 2. The lowest BCUT2D eigenvalue weighted by molar-refractivity contribution is -0.136. The van der Waals surface area contributed by atoms with E-state index >= 15 is 0 Å². The van der Waals surface area contributed by atoms with Gasteiger partial charge in [0.15, 0.2) is 0 Å². The molecule has 0 spiro atoms. The number of methoxy groups -OCH3 is 1. The van der Waals surface area contributed by atoms with Crippen LogP contribution in [-0.4, -0.2) is 43.5 Å². The SMILES string of the molecule is CC/C(=C/CN(CC)CC(N)=O)C(=O)OC. The zero-order valence-electron chi connectivity index (χ0n) is 10.2. The molecule has 0 bridgehead atoms. The summed E-state index contributed by atoms with van der Waals surface area (Å²) in [5.74, 6) is -0.691. The lowest BCUT2D eigenvalue weighted by Gasteiger charge is -2.16. The van der Waals surface area contributed by atoms with Gasteiger partial charge in [0.25, 0.3) is 0 Å². The number of hydrogen-bond donors (Lipinski definition) is 1. The summed E-state index contributed by atoms with van der Waals surface area (Å²) < 4.78 is 4.63. The zero-order chi connectivity index (χ0) is 12.6. The summed E-state index contributed by atoms with van der Waals surface area (Å²) in [5.41, 5.74) is 5.72. The molecule has 0 saturated carbocycles. The molecule has 0 unspecified atom stereocenters. The molecule has 92 valence electrons. The van der Waals surface area contributed by atoms with E-state index in [-0.39, 0.29) is 18.4 Å². The van der Waals surface area contributed by atoms with Gasteiger partial charge in [0.1, 0.15) is 0 Å². The van der Waals surface area contributed by atoms with E-state index in [4.69, 9.17) is 5.73 Å². The lowest BCUT2D eigenvalue weighted by atomic mass is 10.2. The molecule has 0 aromatic heterocycles. The highest BCUT2D eigenvalue weighted by atomic mass is 16.5. The van der Waals surface area contributed by atoms with Crippen molar-refractivity contribution < 1.29 is 14.3 Å². The van der Waals surface area contributed by atoms with Crippen LogP contribution in [0.25, 0.3) is 0 Å². The van der Waals surface area contributed by atoms with Crippen molar-refractivity contribution in [2.45, 2.75) is 20.3 Å². The fraction of sp³-hybridized carbons (Fsp3) is 0.636. The molecule has 0 atom stereocenters. The molecular formula is C11H20N2O3. The van der Waals surface area contributed by atoms with Gasteiger partial charge in [-0.3, -0.25) is 9.69 Å². The maximum atomic E-state index is 11.3. The minimum Gasteiger partial charge on any atom is -0.466 e. The topological polar surface area (TPSA) is 72.6 Å². The van der Waals surface area contributed by atoms with Crippen LogP contribution in [0.1, 0.15) is 20.3 Å². The second kappa shape index (κ2) is 7.87. The van der Waals surface area contributed by atoms with Crippen LogP contribution in [0.5, 0.6) is 0 Å². The molecule has 0 aromatic rings. The van der Waals surface area contributed by atoms with Gasteiger partial charge in [-0.15, -0.1) is 0 Å². The van der Waals surface area contributed by atoms with Crippen LogP contribution in [-0.2, 0) is 14.3 Å². The van der Waals surface area contributed by atoms with E-state index in [1.807, 2.05) is 18.7 Å². The number of amides is 1. The standard InChI is InChI=1S/C11H20N2O3/c1-4-9(11(15)16-3)6-7-13(5-2)8-10(12)14/h6H,4-5,7-8H2,1-3H3,(H2,12,14)/b9-6-. The predicted molar refractivity (Wildman–Crippen MR) is 61.7 cm³/mol. The Bertz CT molecular complexity index is 274. The van der Waals surface area contributed by atoms with E-state index in [0.29, 0.717) is 25.1 Å². The van der Waals surface area contributed by atoms with Gasteiger partial charge in [-0.1, -0.05) is 19.9 Å². The molecule has 0 aliphatic carbocycles. The van der Waals surface area contributed by atoms with Gasteiger partial charge >= 0.3 is 5.97 Å². The first-order valence-electron chi connectivity index (χ1n) is 5.33. The highest BCUT2D eigenvalue weighted by Gasteiger charge is 2.09. The molecule has 5 nitrogen and oxygen atoms in total. The van der Waals surface area contributed by atoms with Gasteiger partial charge < -0.3 is 10.5 Å². The highest BCUT2D eigenvalue weighted by molar-refractivity contribution is 5.88. The molecule has 0 saturated heterocycles. The third-order valence-electron chi connectivity index (χ3n) is 2.25. The zero-order valence-corrected chi connectivity index (χ0v) is 10.2. The molecule has 0 aromatic carbocycles. The summed E-state index contributed by atoms with van der Waals surface area (Å²) in [5, 5.41) is 0. The molecular weight excluding hydrogens is 208 g/mol. The smallest absolute Gasteiger partial charge is 0.333 e. The molecule has 16 heavy (non-hydrogen) atoms. The van der Waals surface area contributed by atoms with Gasteiger partial charge in [-0.05, 0) is 13.0 Å². The van der Waals surface area contributed by atoms with Crippen LogP contribution >= 0.6 is 0 Å². The third-order valence-corrected chi connectivity index (χ3v) is 2.25. The number of esters is 1. The number of likely N-dealkylation sites (N-methyl/N-ethyl adjacent to an activating group) is 1. The summed E-state index contributed by atoms with van der Waals surface area (Å²) in [4.78, 5) is 23.9. The van der Waals surface area contributed by atoms with Crippen LogP contribution in [0.15, 0.2) is 11.6 Å². The Hall–Kier alpha value is -1.36. The van der Waals surface area contributed by atoms with Crippen molar-refractivity contribution in [2.24, 2.45) is 5.73 Å². The van der Waals surface area contributed by atoms with Crippen molar-refractivity contribution in [3.05, 3.63) is 11.6 Å². The minimum atomic E-state index is -0.369. The molecule has 0 radical (unpaired) electrons. The molecule has 0 aliphatic rings. The Morgan fingerprint density at radius 3 is 2.38 bits per heavy atom. The van der Waals surface area contributed by atoms with Crippen molar-refractivity contribution in [3.63, 3.8) is 0 Å². The van der Waals surface area contributed by atoms with E-state index in [2.05, 4.69) is 4.74 Å². The Balaban J connectivity index is 4.38. The lowest BCUT2D eigenvalue weighted by Crippen LogP contribution is -2.34. The molecule has 1 amide bonds. The third kappa shape index (κ3) is 5.50. The maximum Gasteiger partial charge on any atom is 0.333 e. The number of rotatable bonds is 7. The molecule has 2 N–H and O–H groups in total. The fourth-order valence-electron chi connectivity index (χ4n) is 1.27. The largest absolute Gasteiger partial charge is 0.466 e. The normalized spacial score (nSPS) is 11.6. The van der Waals surface area contributed by atoms with E-state index in [1.165, 1.54) is 7.11 Å². The summed E-state index contributed by atoms with van der Waals surface area (Å²) in [6.45, 7) is 5.24. The average molecular weight is 228 g/mol. The van der Waals surface area contributed by atoms with Gasteiger partial charge in [0.2, 0.25) is 5.91 Å². The highest BCUT2D eigenvalue weighted by Crippen LogP contribution is 2.03. The number of nitrogens with two attached hydrogens (primary N) is 1. The van der Waals surface area contributed by atoms with E-state index < -0.39 is 0 Å². The Morgan fingerprint density at radius 2 is 2.00 bits per heavy atom. The van der Waals surface area contributed by atoms with Gasteiger partial charge in [0.05, 0.1) is 13.7 Å². The summed E-state index contributed by atoms with van der Waals surface area (Å²) in [6.07, 6.45) is 2.39. The van der Waals surface area contributed by atoms with Crippen LogP contribution in [0.2, 0.25) is 0 Å². The van der Waals surface area contributed by atoms with Crippen molar-refractivity contribution in [3.8, 4) is 0 Å². The predicted octanol–water partition coefficient (Wildman–Crippen LogP) is 0.303. The molecule has 0 heterocycles. The van der Waals surface area contributed by atoms with Gasteiger partial charge in [0, 0.05) is 12.1 Å². The van der Waals surface area contributed by atoms with Crippen molar-refractivity contribution >= 4 is 11.9 Å². The van der Waals surface area contributed by atoms with E-state index in [1.54, 1.807) is 6.08 Å². The van der Waals surface area contributed by atoms with Crippen LogP contribution < -0.4 is 5.73 Å². The second-order valence-electron chi connectivity index (χ2n) is 3.37. The molecule has 5 heteroatoms. The number of carbonyl (C=O) groups is 2. The number of primary amides is 1. The van der Waals surface area contributed by atoms with Gasteiger partial charge in [-0.2, -0.15) is 0 Å². The maximum absolute atomic E-state index is 11.3. The van der Waals surface area contributed by atoms with Gasteiger partial charge in [-0.25, -0.2) is 4.79 Å². The van der Waals surface area contributed by atoms with E-state index in [0.717, 1.165) is 0 Å². The Morgan fingerprint density at radius 1 is 1.38 bits per heavy atom. The monoisotopic (exact) mass is 228 g/mol. The summed E-state index contributed by atoms with van der Waals surface area (Å²) >= 11 is 0. The first-order valence-corrected chi connectivity index (χ1v) is 5.33. The van der Waals surface area contributed by atoms with E-state index in [9.17, 15) is 9.59 Å². The van der Waals surface area contributed by atoms with Crippen LogP contribution in [0.3, 0.4) is 0 Å². The first kappa shape index (κ1) is 14.6. The van der Waals surface area contributed by atoms with Crippen LogP contribution in [0, 0.1) is 0 Å². The van der Waals surface area contributed by atoms with Crippen molar-refractivity contribution in [1.82, 2.24) is 4.90 Å².